The number of phenolic OH excluding ortho intramolecular Hbond substituents is 1. The Balaban J connectivity index is 1.79. The van der Waals surface area contributed by atoms with Gasteiger partial charge in [-0.25, -0.2) is 0 Å². The quantitative estimate of drug-likeness (QED) is 0.222. The minimum Gasteiger partial charge on any atom is -0.507 e. The maximum absolute atomic E-state index is 12.2. The van der Waals surface area contributed by atoms with Crippen molar-refractivity contribution < 1.29 is 9.90 Å². The molecule has 0 spiro atoms. The Hall–Kier alpha value is -4.43. The third-order valence-corrected chi connectivity index (χ3v) is 6.65. The predicted molar refractivity (Wildman–Crippen MR) is 142 cm³/mol. The summed E-state index contributed by atoms with van der Waals surface area (Å²) in [5.74, 6) is -0.141. The van der Waals surface area contributed by atoms with Gasteiger partial charge in [-0.1, -0.05) is 97.1 Å². The SMILES string of the molecule is CC(=O)c1cc(-c2c3ccccc3c(-c3cccc4ccccc34)c3ccccc23)ccc1O. The van der Waals surface area contributed by atoms with E-state index in [1.807, 2.05) is 12.1 Å². The number of ketones is 1. The fourth-order valence-electron chi connectivity index (χ4n) is 5.15. The Kier molecular flexibility index (Phi) is 4.67. The first kappa shape index (κ1) is 20.2. The molecule has 0 aliphatic heterocycles. The van der Waals surface area contributed by atoms with Crippen molar-refractivity contribution in [2.75, 3.05) is 0 Å². The maximum atomic E-state index is 12.2. The van der Waals surface area contributed by atoms with E-state index in [0.717, 1.165) is 32.7 Å². The Labute approximate surface area is 197 Å². The van der Waals surface area contributed by atoms with Crippen LogP contribution in [0.5, 0.6) is 5.75 Å². The zero-order chi connectivity index (χ0) is 23.2. The fourth-order valence-corrected chi connectivity index (χ4v) is 5.15. The molecule has 0 aliphatic rings. The number of fused-ring (bicyclic) bond motifs is 3. The van der Waals surface area contributed by atoms with E-state index < -0.39 is 0 Å². The highest BCUT2D eigenvalue weighted by molar-refractivity contribution is 6.23. The van der Waals surface area contributed by atoms with Crippen LogP contribution in [0.4, 0.5) is 0 Å². The van der Waals surface area contributed by atoms with Crippen LogP contribution in [-0.4, -0.2) is 10.9 Å². The van der Waals surface area contributed by atoms with Crippen LogP contribution < -0.4 is 0 Å². The molecule has 1 N–H and O–H groups in total. The average Bonchev–Trinajstić information content (AvgIpc) is 2.87. The summed E-state index contributed by atoms with van der Waals surface area (Å²) in [5.41, 5.74) is 4.73. The lowest BCUT2D eigenvalue weighted by atomic mass is 9.84. The second kappa shape index (κ2) is 7.86. The summed E-state index contributed by atoms with van der Waals surface area (Å²) in [6.07, 6.45) is 0. The summed E-state index contributed by atoms with van der Waals surface area (Å²) in [6.45, 7) is 1.48. The minimum atomic E-state index is -0.152. The first-order valence-electron chi connectivity index (χ1n) is 11.4. The number of Topliss-reactive ketones (excluding diaryl/α,β-unsaturated/α-hetero) is 1. The van der Waals surface area contributed by atoms with Gasteiger partial charge in [0.2, 0.25) is 0 Å². The monoisotopic (exact) mass is 438 g/mol. The molecular formula is C32H22O2. The lowest BCUT2D eigenvalue weighted by molar-refractivity contribution is 0.101. The van der Waals surface area contributed by atoms with Gasteiger partial charge in [0, 0.05) is 0 Å². The van der Waals surface area contributed by atoms with Crippen LogP contribution in [0.1, 0.15) is 17.3 Å². The van der Waals surface area contributed by atoms with E-state index in [9.17, 15) is 9.90 Å². The topological polar surface area (TPSA) is 37.3 Å². The number of benzene rings is 6. The van der Waals surface area contributed by atoms with E-state index >= 15 is 0 Å². The van der Waals surface area contributed by atoms with Gasteiger partial charge in [-0.05, 0) is 73.6 Å². The third kappa shape index (κ3) is 3.07. The number of aromatic hydroxyl groups is 1. The standard InChI is InChI=1S/C32H22O2/c1-20(33)29-19-22(17-18-30(29)34)31-25-12-4-6-14-27(25)32(28-15-7-5-13-26(28)31)24-16-8-10-21-9-2-3-11-23(21)24/h2-19,34H,1H3. The van der Waals surface area contributed by atoms with Crippen LogP contribution in [0.25, 0.3) is 54.6 Å². The maximum Gasteiger partial charge on any atom is 0.163 e. The van der Waals surface area contributed by atoms with Crippen molar-refractivity contribution in [2.24, 2.45) is 0 Å². The van der Waals surface area contributed by atoms with Gasteiger partial charge in [-0.3, -0.25) is 4.79 Å². The van der Waals surface area contributed by atoms with Crippen LogP contribution >= 0.6 is 0 Å². The van der Waals surface area contributed by atoms with Crippen molar-refractivity contribution in [1.82, 2.24) is 0 Å². The number of hydrogen-bond donors (Lipinski definition) is 1. The molecule has 0 atom stereocenters. The van der Waals surface area contributed by atoms with Crippen molar-refractivity contribution in [3.8, 4) is 28.0 Å². The molecule has 0 fully saturated rings. The Morgan fingerprint density at radius 2 is 1.12 bits per heavy atom. The number of phenols is 1. The van der Waals surface area contributed by atoms with Crippen LogP contribution in [-0.2, 0) is 0 Å². The largest absolute Gasteiger partial charge is 0.507 e. The lowest BCUT2D eigenvalue weighted by Crippen LogP contribution is -1.95. The molecule has 6 aromatic carbocycles. The summed E-state index contributed by atoms with van der Waals surface area (Å²) in [7, 11) is 0. The van der Waals surface area contributed by atoms with Crippen LogP contribution in [0, 0.1) is 0 Å². The molecule has 162 valence electrons. The van der Waals surface area contributed by atoms with E-state index in [1.54, 1.807) is 6.07 Å². The summed E-state index contributed by atoms with van der Waals surface area (Å²) < 4.78 is 0. The molecule has 0 amide bonds. The first-order valence-corrected chi connectivity index (χ1v) is 11.4. The van der Waals surface area contributed by atoms with Crippen molar-refractivity contribution in [2.45, 2.75) is 6.92 Å². The molecule has 0 saturated carbocycles. The van der Waals surface area contributed by atoms with Gasteiger partial charge in [0.25, 0.3) is 0 Å². The van der Waals surface area contributed by atoms with Gasteiger partial charge < -0.3 is 5.11 Å². The van der Waals surface area contributed by atoms with Gasteiger partial charge in [0.15, 0.2) is 5.78 Å². The van der Waals surface area contributed by atoms with E-state index in [4.69, 9.17) is 0 Å². The fraction of sp³-hybridized carbons (Fsp3) is 0.0312. The van der Waals surface area contributed by atoms with Crippen molar-refractivity contribution >= 4 is 38.1 Å². The summed E-state index contributed by atoms with van der Waals surface area (Å²) >= 11 is 0. The molecule has 0 unspecified atom stereocenters. The lowest BCUT2D eigenvalue weighted by Gasteiger charge is -2.19. The van der Waals surface area contributed by atoms with Gasteiger partial charge in [-0.2, -0.15) is 0 Å². The summed E-state index contributed by atoms with van der Waals surface area (Å²) in [6, 6.07) is 37.2. The number of carbonyl (C=O) groups excluding carboxylic acids is 1. The smallest absolute Gasteiger partial charge is 0.163 e. The van der Waals surface area contributed by atoms with E-state index in [-0.39, 0.29) is 11.5 Å². The van der Waals surface area contributed by atoms with Gasteiger partial charge in [-0.15, -0.1) is 0 Å². The zero-order valence-electron chi connectivity index (χ0n) is 18.7. The highest BCUT2D eigenvalue weighted by Crippen LogP contribution is 2.45. The second-order valence-corrected chi connectivity index (χ2v) is 8.66. The number of rotatable bonds is 3. The molecule has 0 aromatic heterocycles. The molecule has 6 aromatic rings. The van der Waals surface area contributed by atoms with E-state index in [2.05, 4.69) is 91.0 Å². The van der Waals surface area contributed by atoms with Gasteiger partial charge in [0.1, 0.15) is 5.75 Å². The minimum absolute atomic E-state index is 0.0113. The molecule has 2 nitrogen and oxygen atoms in total. The van der Waals surface area contributed by atoms with Crippen molar-refractivity contribution in [3.63, 3.8) is 0 Å². The zero-order valence-corrected chi connectivity index (χ0v) is 18.7. The van der Waals surface area contributed by atoms with E-state index in [0.29, 0.717) is 5.56 Å². The molecule has 0 bridgehead atoms. The second-order valence-electron chi connectivity index (χ2n) is 8.66. The average molecular weight is 439 g/mol. The molecule has 0 radical (unpaired) electrons. The van der Waals surface area contributed by atoms with Gasteiger partial charge >= 0.3 is 0 Å². The summed E-state index contributed by atoms with van der Waals surface area (Å²) in [4.78, 5) is 12.2. The highest BCUT2D eigenvalue weighted by Gasteiger charge is 2.18. The van der Waals surface area contributed by atoms with Crippen LogP contribution in [0.15, 0.2) is 109 Å². The molecule has 0 aliphatic carbocycles. The Bertz CT molecular complexity index is 1680. The van der Waals surface area contributed by atoms with Crippen LogP contribution in [0.2, 0.25) is 0 Å². The van der Waals surface area contributed by atoms with Crippen molar-refractivity contribution in [1.29, 1.82) is 0 Å². The Morgan fingerprint density at radius 3 is 1.74 bits per heavy atom. The normalized spacial score (nSPS) is 11.3. The highest BCUT2D eigenvalue weighted by atomic mass is 16.3. The van der Waals surface area contributed by atoms with Crippen LogP contribution in [0.3, 0.4) is 0 Å². The van der Waals surface area contributed by atoms with Crippen molar-refractivity contribution in [3.05, 3.63) is 115 Å². The van der Waals surface area contributed by atoms with Gasteiger partial charge in [0.05, 0.1) is 5.56 Å². The molecule has 34 heavy (non-hydrogen) atoms. The number of carbonyl (C=O) groups is 1. The molecular weight excluding hydrogens is 416 g/mol. The molecule has 6 rings (SSSR count). The molecule has 0 saturated heterocycles. The molecule has 2 heteroatoms. The Morgan fingerprint density at radius 1 is 0.588 bits per heavy atom. The predicted octanol–water partition coefficient (Wildman–Crippen LogP) is 8.39. The summed E-state index contributed by atoms with van der Waals surface area (Å²) in [5, 5.41) is 17.2. The molecule has 0 heterocycles. The first-order chi connectivity index (χ1) is 16.6. The number of hydrogen-bond acceptors (Lipinski definition) is 2. The third-order valence-electron chi connectivity index (χ3n) is 6.65. The van der Waals surface area contributed by atoms with E-state index in [1.165, 1.54) is 28.8 Å².